The van der Waals surface area contributed by atoms with E-state index in [-0.39, 0.29) is 0 Å². The Kier molecular flexibility index (Phi) is 3.70. The summed E-state index contributed by atoms with van der Waals surface area (Å²) in [5.41, 5.74) is 0.676. The van der Waals surface area contributed by atoms with E-state index in [0.717, 1.165) is 0 Å². The van der Waals surface area contributed by atoms with Crippen LogP contribution in [0.1, 0.15) is 5.56 Å². The van der Waals surface area contributed by atoms with Crippen molar-refractivity contribution in [1.29, 1.82) is 0 Å². The molecule has 0 N–H and O–H groups in total. The van der Waals surface area contributed by atoms with E-state index >= 15 is 0 Å². The number of alkyl halides is 1. The predicted octanol–water partition coefficient (Wildman–Crippen LogP) is 2.83. The second kappa shape index (κ2) is 4.58. The summed E-state index contributed by atoms with van der Waals surface area (Å²) in [6, 6.07) is 4.01. The quantitative estimate of drug-likeness (QED) is 0.566. The third kappa shape index (κ3) is 2.98. The molecule has 0 aliphatic heterocycles. The Bertz CT molecular complexity index is 314. The topological polar surface area (TPSA) is 17.1 Å². The maximum absolute atomic E-state index is 12.6. The van der Waals surface area contributed by atoms with E-state index in [1.807, 2.05) is 0 Å². The van der Waals surface area contributed by atoms with Gasteiger partial charge in [-0.3, -0.25) is 0 Å². The Morgan fingerprint density at radius 1 is 1.54 bits per heavy atom. The fourth-order valence-corrected chi connectivity index (χ4v) is 1.36. The summed E-state index contributed by atoms with van der Waals surface area (Å²) in [5, 5.41) is -0.310. The van der Waals surface area contributed by atoms with Gasteiger partial charge in [-0.05, 0) is 24.1 Å². The van der Waals surface area contributed by atoms with Gasteiger partial charge in [0.1, 0.15) is 12.1 Å². The first-order valence-corrected chi connectivity index (χ1v) is 4.48. The first-order valence-electron chi connectivity index (χ1n) is 3.67. The average Bonchev–Trinajstić information content (AvgIpc) is 2.09. The number of carbonyl (C=O) groups is 1. The molecule has 0 fully saturated rings. The van der Waals surface area contributed by atoms with Crippen LogP contribution in [0.25, 0.3) is 0 Å². The molecular formula is C9H7Cl2FO. The number of aldehydes is 1. The minimum absolute atomic E-state index is 0.299. The summed E-state index contributed by atoms with van der Waals surface area (Å²) < 4.78 is 12.6. The molecule has 1 atom stereocenters. The van der Waals surface area contributed by atoms with Gasteiger partial charge in [-0.2, -0.15) is 0 Å². The molecule has 0 aromatic heterocycles. The molecule has 13 heavy (non-hydrogen) atoms. The molecule has 1 aromatic rings. The standard InChI is InChI=1S/C9H7Cl2FO/c10-7(5-13)3-6-1-2-8(12)4-9(6)11/h1-2,4-5,7H,3H2. The van der Waals surface area contributed by atoms with Crippen molar-refractivity contribution in [3.8, 4) is 0 Å². The van der Waals surface area contributed by atoms with Gasteiger partial charge < -0.3 is 4.79 Å². The van der Waals surface area contributed by atoms with Crippen molar-refractivity contribution in [1.82, 2.24) is 0 Å². The molecule has 0 aliphatic carbocycles. The summed E-state index contributed by atoms with van der Waals surface area (Å²) >= 11 is 11.3. The van der Waals surface area contributed by atoms with Crippen LogP contribution in [0.2, 0.25) is 5.02 Å². The maximum Gasteiger partial charge on any atom is 0.138 e. The van der Waals surface area contributed by atoms with Gasteiger partial charge in [-0.1, -0.05) is 17.7 Å². The van der Waals surface area contributed by atoms with E-state index in [1.54, 1.807) is 0 Å². The van der Waals surface area contributed by atoms with Crippen LogP contribution >= 0.6 is 23.2 Å². The van der Waals surface area contributed by atoms with Crippen molar-refractivity contribution in [3.63, 3.8) is 0 Å². The first-order chi connectivity index (χ1) is 6.13. The van der Waals surface area contributed by atoms with Crippen LogP contribution in [0.15, 0.2) is 18.2 Å². The van der Waals surface area contributed by atoms with Gasteiger partial charge in [-0.25, -0.2) is 4.39 Å². The van der Waals surface area contributed by atoms with Gasteiger partial charge >= 0.3 is 0 Å². The molecule has 1 unspecified atom stereocenters. The molecule has 0 saturated heterocycles. The number of rotatable bonds is 3. The minimum Gasteiger partial charge on any atom is -0.302 e. The summed E-state index contributed by atoms with van der Waals surface area (Å²) in [4.78, 5) is 10.2. The van der Waals surface area contributed by atoms with Crippen LogP contribution in [0.3, 0.4) is 0 Å². The van der Waals surface area contributed by atoms with Crippen LogP contribution in [-0.2, 0) is 11.2 Å². The normalized spacial score (nSPS) is 12.5. The molecule has 1 aromatic carbocycles. The van der Waals surface area contributed by atoms with Crippen molar-refractivity contribution in [3.05, 3.63) is 34.6 Å². The predicted molar refractivity (Wildman–Crippen MR) is 50.8 cm³/mol. The molecule has 0 bridgehead atoms. The second-order valence-corrected chi connectivity index (χ2v) is 3.56. The number of carbonyl (C=O) groups excluding carboxylic acids is 1. The third-order valence-corrected chi connectivity index (χ3v) is 2.19. The van der Waals surface area contributed by atoms with Gasteiger partial charge in [0.15, 0.2) is 0 Å². The van der Waals surface area contributed by atoms with Crippen molar-refractivity contribution in [2.75, 3.05) is 0 Å². The van der Waals surface area contributed by atoms with Crippen molar-refractivity contribution in [2.45, 2.75) is 11.8 Å². The monoisotopic (exact) mass is 220 g/mol. The highest BCUT2D eigenvalue weighted by molar-refractivity contribution is 6.32. The number of benzene rings is 1. The molecule has 0 saturated carbocycles. The smallest absolute Gasteiger partial charge is 0.138 e. The molecule has 4 heteroatoms. The molecule has 1 nitrogen and oxygen atoms in total. The SMILES string of the molecule is O=CC(Cl)Cc1ccc(F)cc1Cl. The van der Waals surface area contributed by atoms with E-state index in [9.17, 15) is 9.18 Å². The lowest BCUT2D eigenvalue weighted by Gasteiger charge is -2.04. The Morgan fingerprint density at radius 2 is 2.23 bits per heavy atom. The van der Waals surface area contributed by atoms with Gasteiger partial charge in [-0.15, -0.1) is 11.6 Å². The molecule has 0 heterocycles. The van der Waals surface area contributed by atoms with E-state index in [0.29, 0.717) is 23.3 Å². The van der Waals surface area contributed by atoms with Gasteiger partial charge in [0.2, 0.25) is 0 Å². The fraction of sp³-hybridized carbons (Fsp3) is 0.222. The molecule has 1 rings (SSSR count). The van der Waals surface area contributed by atoms with E-state index in [1.165, 1.54) is 18.2 Å². The Hall–Kier alpha value is -0.600. The number of halogens is 3. The number of hydrogen-bond donors (Lipinski definition) is 0. The van der Waals surface area contributed by atoms with Crippen LogP contribution < -0.4 is 0 Å². The van der Waals surface area contributed by atoms with E-state index < -0.39 is 11.2 Å². The first kappa shape index (κ1) is 10.5. The minimum atomic E-state index is -0.608. The van der Waals surface area contributed by atoms with Crippen LogP contribution in [0, 0.1) is 5.82 Å². The zero-order chi connectivity index (χ0) is 9.84. The highest BCUT2D eigenvalue weighted by Crippen LogP contribution is 2.19. The number of hydrogen-bond acceptors (Lipinski definition) is 1. The van der Waals surface area contributed by atoms with Gasteiger partial charge in [0.05, 0.1) is 5.38 Å². The lowest BCUT2D eigenvalue weighted by Crippen LogP contribution is -2.04. The van der Waals surface area contributed by atoms with Crippen molar-refractivity contribution in [2.24, 2.45) is 0 Å². The molecule has 0 aliphatic rings. The van der Waals surface area contributed by atoms with Gasteiger partial charge in [0, 0.05) is 5.02 Å². The Balaban J connectivity index is 2.83. The zero-order valence-electron chi connectivity index (χ0n) is 6.64. The second-order valence-electron chi connectivity index (χ2n) is 2.59. The summed E-state index contributed by atoms with van der Waals surface area (Å²) in [6.07, 6.45) is 0.950. The largest absolute Gasteiger partial charge is 0.302 e. The third-order valence-electron chi connectivity index (χ3n) is 1.58. The summed E-state index contributed by atoms with van der Waals surface area (Å²) in [5.74, 6) is -0.397. The highest BCUT2D eigenvalue weighted by Gasteiger charge is 2.07. The van der Waals surface area contributed by atoms with Crippen LogP contribution in [-0.4, -0.2) is 11.7 Å². The average molecular weight is 221 g/mol. The zero-order valence-corrected chi connectivity index (χ0v) is 8.15. The van der Waals surface area contributed by atoms with Crippen LogP contribution in [0.5, 0.6) is 0 Å². The fourth-order valence-electron chi connectivity index (χ4n) is 0.945. The molecule has 0 amide bonds. The van der Waals surface area contributed by atoms with E-state index in [2.05, 4.69) is 0 Å². The molecule has 0 radical (unpaired) electrons. The highest BCUT2D eigenvalue weighted by atomic mass is 35.5. The summed E-state index contributed by atoms with van der Waals surface area (Å²) in [6.45, 7) is 0. The summed E-state index contributed by atoms with van der Waals surface area (Å²) in [7, 11) is 0. The van der Waals surface area contributed by atoms with Crippen molar-refractivity contribution >= 4 is 29.5 Å². The maximum atomic E-state index is 12.6. The Morgan fingerprint density at radius 3 is 2.77 bits per heavy atom. The molecule has 0 spiro atoms. The van der Waals surface area contributed by atoms with Gasteiger partial charge in [0.25, 0.3) is 0 Å². The van der Waals surface area contributed by atoms with Crippen LogP contribution in [0.4, 0.5) is 4.39 Å². The Labute approximate surface area is 85.5 Å². The van der Waals surface area contributed by atoms with E-state index in [4.69, 9.17) is 23.2 Å². The van der Waals surface area contributed by atoms with Crippen molar-refractivity contribution < 1.29 is 9.18 Å². The molecular weight excluding hydrogens is 214 g/mol. The molecule has 70 valence electrons. The lowest BCUT2D eigenvalue weighted by molar-refractivity contribution is -0.107. The lowest BCUT2D eigenvalue weighted by atomic mass is 10.1.